The Bertz CT molecular complexity index is 629. The van der Waals surface area contributed by atoms with Gasteiger partial charge in [0, 0.05) is 36.1 Å². The standard InChI is InChI=1S/C17H19ClN2O2/c1-12(6-7-21)9-20-17(22)15-8-14(10-19-11-15)13-2-4-16(18)5-3-13/h2-5,8,10-12,21H,6-7,9H2,1H3,(H,20,22). The molecule has 2 aromatic rings. The molecule has 1 atom stereocenters. The maximum Gasteiger partial charge on any atom is 0.252 e. The van der Waals surface area contributed by atoms with Crippen LogP contribution in [-0.4, -0.2) is 29.1 Å². The van der Waals surface area contributed by atoms with Crippen LogP contribution in [0.1, 0.15) is 23.7 Å². The van der Waals surface area contributed by atoms with Gasteiger partial charge in [-0.2, -0.15) is 0 Å². The first-order chi connectivity index (χ1) is 10.6. The van der Waals surface area contributed by atoms with E-state index in [1.165, 1.54) is 0 Å². The van der Waals surface area contributed by atoms with Gasteiger partial charge in [-0.3, -0.25) is 9.78 Å². The fraction of sp³-hybridized carbons (Fsp3) is 0.294. The quantitative estimate of drug-likeness (QED) is 0.860. The van der Waals surface area contributed by atoms with Gasteiger partial charge in [0.2, 0.25) is 0 Å². The van der Waals surface area contributed by atoms with Crippen LogP contribution in [0.2, 0.25) is 5.02 Å². The predicted octanol–water partition coefficient (Wildman–Crippen LogP) is 3.15. The van der Waals surface area contributed by atoms with E-state index in [0.29, 0.717) is 23.6 Å². The molecule has 1 heterocycles. The van der Waals surface area contributed by atoms with E-state index >= 15 is 0 Å². The molecular weight excluding hydrogens is 300 g/mol. The molecule has 0 aliphatic rings. The van der Waals surface area contributed by atoms with Crippen molar-refractivity contribution in [1.29, 1.82) is 0 Å². The molecule has 0 bridgehead atoms. The van der Waals surface area contributed by atoms with Crippen molar-refractivity contribution in [1.82, 2.24) is 10.3 Å². The Labute approximate surface area is 135 Å². The van der Waals surface area contributed by atoms with Gasteiger partial charge in [-0.15, -0.1) is 0 Å². The minimum atomic E-state index is -0.159. The van der Waals surface area contributed by atoms with Crippen LogP contribution in [0.3, 0.4) is 0 Å². The van der Waals surface area contributed by atoms with Crippen LogP contribution in [0.15, 0.2) is 42.7 Å². The average Bonchev–Trinajstić information content (AvgIpc) is 2.54. The number of benzene rings is 1. The maximum absolute atomic E-state index is 12.2. The number of aromatic nitrogens is 1. The number of carbonyl (C=O) groups is 1. The van der Waals surface area contributed by atoms with E-state index in [2.05, 4.69) is 10.3 Å². The average molecular weight is 319 g/mol. The van der Waals surface area contributed by atoms with Gasteiger partial charge in [-0.1, -0.05) is 30.7 Å². The summed E-state index contributed by atoms with van der Waals surface area (Å²) < 4.78 is 0. The van der Waals surface area contributed by atoms with Gasteiger partial charge in [0.25, 0.3) is 5.91 Å². The first-order valence-corrected chi connectivity index (χ1v) is 7.58. The zero-order valence-electron chi connectivity index (χ0n) is 12.4. The number of aliphatic hydroxyl groups is 1. The zero-order chi connectivity index (χ0) is 15.9. The van der Waals surface area contributed by atoms with Crippen LogP contribution in [0.5, 0.6) is 0 Å². The van der Waals surface area contributed by atoms with Crippen molar-refractivity contribution < 1.29 is 9.90 Å². The van der Waals surface area contributed by atoms with E-state index < -0.39 is 0 Å². The molecule has 116 valence electrons. The highest BCUT2D eigenvalue weighted by Gasteiger charge is 2.09. The summed E-state index contributed by atoms with van der Waals surface area (Å²) in [6, 6.07) is 9.21. The van der Waals surface area contributed by atoms with E-state index in [1.54, 1.807) is 24.5 Å². The second-order valence-electron chi connectivity index (χ2n) is 5.30. The van der Waals surface area contributed by atoms with Gasteiger partial charge in [0.1, 0.15) is 0 Å². The zero-order valence-corrected chi connectivity index (χ0v) is 13.2. The van der Waals surface area contributed by atoms with E-state index in [9.17, 15) is 4.79 Å². The highest BCUT2D eigenvalue weighted by Crippen LogP contribution is 2.21. The molecule has 0 spiro atoms. The third-order valence-corrected chi connectivity index (χ3v) is 3.66. The summed E-state index contributed by atoms with van der Waals surface area (Å²) in [6.45, 7) is 2.65. The van der Waals surface area contributed by atoms with Gasteiger partial charge in [-0.25, -0.2) is 0 Å². The number of nitrogens with zero attached hydrogens (tertiary/aromatic N) is 1. The second kappa shape index (κ2) is 7.92. The lowest BCUT2D eigenvalue weighted by molar-refractivity contribution is 0.0945. The minimum absolute atomic E-state index is 0.130. The Morgan fingerprint density at radius 1 is 1.27 bits per heavy atom. The fourth-order valence-corrected chi connectivity index (χ4v) is 2.18. The molecule has 1 aromatic heterocycles. The Morgan fingerprint density at radius 3 is 2.68 bits per heavy atom. The van der Waals surface area contributed by atoms with Crippen LogP contribution >= 0.6 is 11.6 Å². The van der Waals surface area contributed by atoms with E-state index in [0.717, 1.165) is 11.1 Å². The summed E-state index contributed by atoms with van der Waals surface area (Å²) in [5.74, 6) is 0.0782. The smallest absolute Gasteiger partial charge is 0.252 e. The summed E-state index contributed by atoms with van der Waals surface area (Å²) in [4.78, 5) is 16.3. The van der Waals surface area contributed by atoms with Crippen LogP contribution in [-0.2, 0) is 0 Å². The Kier molecular flexibility index (Phi) is 5.92. The number of amides is 1. The van der Waals surface area contributed by atoms with E-state index in [4.69, 9.17) is 16.7 Å². The molecule has 5 heteroatoms. The number of nitrogens with one attached hydrogen (secondary N) is 1. The highest BCUT2D eigenvalue weighted by molar-refractivity contribution is 6.30. The first kappa shape index (κ1) is 16.5. The SMILES string of the molecule is CC(CCO)CNC(=O)c1cncc(-c2ccc(Cl)cc2)c1. The van der Waals surface area contributed by atoms with Crippen LogP contribution in [0.4, 0.5) is 0 Å². The third kappa shape index (κ3) is 4.55. The number of hydrogen-bond acceptors (Lipinski definition) is 3. The third-order valence-electron chi connectivity index (χ3n) is 3.41. The van der Waals surface area contributed by atoms with Gasteiger partial charge in [0.05, 0.1) is 5.56 Å². The molecule has 22 heavy (non-hydrogen) atoms. The normalized spacial score (nSPS) is 12.0. The van der Waals surface area contributed by atoms with Crippen molar-refractivity contribution in [3.8, 4) is 11.1 Å². The number of hydrogen-bond donors (Lipinski definition) is 2. The largest absolute Gasteiger partial charge is 0.396 e. The molecule has 4 nitrogen and oxygen atoms in total. The molecule has 1 aromatic carbocycles. The van der Waals surface area contributed by atoms with Crippen molar-refractivity contribution in [2.75, 3.05) is 13.2 Å². The molecule has 2 rings (SSSR count). The van der Waals surface area contributed by atoms with Gasteiger partial charge >= 0.3 is 0 Å². The van der Waals surface area contributed by atoms with Crippen molar-refractivity contribution in [3.63, 3.8) is 0 Å². The maximum atomic E-state index is 12.2. The first-order valence-electron chi connectivity index (χ1n) is 7.20. The minimum Gasteiger partial charge on any atom is -0.396 e. The fourth-order valence-electron chi connectivity index (χ4n) is 2.06. The Balaban J connectivity index is 2.07. The van der Waals surface area contributed by atoms with Crippen molar-refractivity contribution in [2.24, 2.45) is 5.92 Å². The molecule has 0 fully saturated rings. The van der Waals surface area contributed by atoms with Crippen molar-refractivity contribution in [3.05, 3.63) is 53.3 Å². The lowest BCUT2D eigenvalue weighted by Gasteiger charge is -2.11. The Morgan fingerprint density at radius 2 is 2.00 bits per heavy atom. The number of rotatable bonds is 6. The summed E-state index contributed by atoms with van der Waals surface area (Å²) in [6.07, 6.45) is 3.93. The molecule has 0 aliphatic carbocycles. The van der Waals surface area contributed by atoms with Crippen LogP contribution in [0, 0.1) is 5.92 Å². The highest BCUT2D eigenvalue weighted by atomic mass is 35.5. The lowest BCUT2D eigenvalue weighted by Crippen LogP contribution is -2.28. The molecule has 2 N–H and O–H groups in total. The number of halogens is 1. The molecule has 1 unspecified atom stereocenters. The van der Waals surface area contributed by atoms with Crippen LogP contribution < -0.4 is 5.32 Å². The van der Waals surface area contributed by atoms with Crippen LogP contribution in [0.25, 0.3) is 11.1 Å². The van der Waals surface area contributed by atoms with E-state index in [1.807, 2.05) is 25.1 Å². The van der Waals surface area contributed by atoms with Gasteiger partial charge in [-0.05, 0) is 36.1 Å². The number of carbonyl (C=O) groups excluding carboxylic acids is 1. The monoisotopic (exact) mass is 318 g/mol. The Hall–Kier alpha value is -1.91. The van der Waals surface area contributed by atoms with Gasteiger partial charge in [0.15, 0.2) is 0 Å². The number of pyridine rings is 1. The topological polar surface area (TPSA) is 62.2 Å². The molecule has 0 saturated heterocycles. The second-order valence-corrected chi connectivity index (χ2v) is 5.73. The molecule has 0 saturated carbocycles. The predicted molar refractivity (Wildman–Crippen MR) is 87.9 cm³/mol. The molecule has 0 radical (unpaired) electrons. The lowest BCUT2D eigenvalue weighted by atomic mass is 10.1. The number of aliphatic hydroxyl groups excluding tert-OH is 1. The van der Waals surface area contributed by atoms with E-state index in [-0.39, 0.29) is 18.4 Å². The van der Waals surface area contributed by atoms with Crippen molar-refractivity contribution >= 4 is 17.5 Å². The summed E-state index contributed by atoms with van der Waals surface area (Å²) >= 11 is 5.88. The summed E-state index contributed by atoms with van der Waals surface area (Å²) in [5.41, 5.74) is 2.34. The molecule has 1 amide bonds. The molecular formula is C17H19ClN2O2. The molecule has 0 aliphatic heterocycles. The van der Waals surface area contributed by atoms with Crippen molar-refractivity contribution in [2.45, 2.75) is 13.3 Å². The summed E-state index contributed by atoms with van der Waals surface area (Å²) in [5, 5.41) is 12.4. The summed E-state index contributed by atoms with van der Waals surface area (Å²) in [7, 11) is 0. The van der Waals surface area contributed by atoms with Gasteiger partial charge < -0.3 is 10.4 Å².